The highest BCUT2D eigenvalue weighted by Crippen LogP contribution is 2.16. The van der Waals surface area contributed by atoms with E-state index in [1.165, 1.54) is 11.7 Å². The fraction of sp³-hybridized carbons (Fsp3) is 0.333. The lowest BCUT2D eigenvalue weighted by atomic mass is 10.1. The molecule has 0 saturated heterocycles. The van der Waals surface area contributed by atoms with E-state index in [1.54, 1.807) is 30.5 Å². The number of hydrogen-bond donors (Lipinski definition) is 1. The maximum atomic E-state index is 12.6. The number of hydrogen-bond acceptors (Lipinski definition) is 4. The van der Waals surface area contributed by atoms with E-state index in [0.717, 1.165) is 23.5 Å². The van der Waals surface area contributed by atoms with E-state index < -0.39 is 5.91 Å². The Hall–Kier alpha value is -3.22. The van der Waals surface area contributed by atoms with Crippen molar-refractivity contribution in [2.75, 3.05) is 0 Å². The average molecular weight is 379 g/mol. The lowest BCUT2D eigenvalue weighted by Crippen LogP contribution is -2.27. The molecule has 0 aliphatic carbocycles. The first-order valence-corrected chi connectivity index (χ1v) is 9.25. The van der Waals surface area contributed by atoms with Crippen molar-refractivity contribution >= 4 is 22.9 Å². The highest BCUT2D eigenvalue weighted by Gasteiger charge is 2.15. The molecule has 2 heterocycles. The van der Waals surface area contributed by atoms with Gasteiger partial charge < -0.3 is 4.57 Å². The summed E-state index contributed by atoms with van der Waals surface area (Å²) in [4.78, 5) is 24.8. The third-order valence-corrected chi connectivity index (χ3v) is 4.70. The van der Waals surface area contributed by atoms with Crippen molar-refractivity contribution in [1.29, 1.82) is 0 Å². The number of aryl methyl sites for hydroxylation is 2. The van der Waals surface area contributed by atoms with E-state index in [0.29, 0.717) is 16.7 Å². The molecule has 146 valence electrons. The molecular weight excluding hydrogens is 354 g/mol. The van der Waals surface area contributed by atoms with Crippen molar-refractivity contribution in [2.45, 2.75) is 34.2 Å². The molecule has 3 aromatic rings. The van der Waals surface area contributed by atoms with E-state index in [-0.39, 0.29) is 11.3 Å². The van der Waals surface area contributed by atoms with Crippen LogP contribution in [0.25, 0.3) is 10.8 Å². The summed E-state index contributed by atoms with van der Waals surface area (Å²) in [6.45, 7) is 9.40. The zero-order valence-electron chi connectivity index (χ0n) is 16.9. The first-order valence-electron chi connectivity index (χ1n) is 9.25. The first-order chi connectivity index (χ1) is 13.3. The van der Waals surface area contributed by atoms with Gasteiger partial charge in [0.15, 0.2) is 5.69 Å². The van der Waals surface area contributed by atoms with Crippen LogP contribution >= 0.6 is 0 Å². The number of nitrogens with one attached hydrogen (secondary N) is 1. The van der Waals surface area contributed by atoms with Crippen LogP contribution in [0.1, 0.15) is 41.3 Å². The molecular formula is C21H25N5O2. The Balaban J connectivity index is 1.85. The number of rotatable bonds is 5. The number of benzene rings is 1. The molecule has 2 aromatic heterocycles. The Labute approximate surface area is 163 Å². The van der Waals surface area contributed by atoms with Crippen LogP contribution in [-0.2, 0) is 13.6 Å². The summed E-state index contributed by atoms with van der Waals surface area (Å²) in [5.74, 6) is 0.0809. The molecule has 0 saturated carbocycles. The molecule has 1 amide bonds. The quantitative estimate of drug-likeness (QED) is 0.547. The summed E-state index contributed by atoms with van der Waals surface area (Å²) in [5.41, 5.74) is 5.67. The van der Waals surface area contributed by atoms with Crippen molar-refractivity contribution in [1.82, 2.24) is 19.8 Å². The van der Waals surface area contributed by atoms with Crippen LogP contribution in [-0.4, -0.2) is 26.5 Å². The smallest absolute Gasteiger partial charge is 0.292 e. The van der Waals surface area contributed by atoms with Crippen LogP contribution in [0.5, 0.6) is 0 Å². The third kappa shape index (κ3) is 3.74. The van der Waals surface area contributed by atoms with Gasteiger partial charge in [0.1, 0.15) is 0 Å². The monoisotopic (exact) mass is 379 g/mol. The Bertz CT molecular complexity index is 1120. The topological polar surface area (TPSA) is 81.3 Å². The van der Waals surface area contributed by atoms with E-state index in [9.17, 15) is 9.59 Å². The lowest BCUT2D eigenvalue weighted by Gasteiger charge is -2.11. The molecule has 7 heteroatoms. The minimum absolute atomic E-state index is 0.167. The summed E-state index contributed by atoms with van der Waals surface area (Å²) >= 11 is 0. The molecule has 7 nitrogen and oxygen atoms in total. The minimum Gasteiger partial charge on any atom is -0.348 e. The van der Waals surface area contributed by atoms with Gasteiger partial charge in [0, 0.05) is 35.9 Å². The van der Waals surface area contributed by atoms with Gasteiger partial charge in [-0.25, -0.2) is 10.1 Å². The number of carbonyl (C=O) groups excluding carboxylic acids is 1. The maximum Gasteiger partial charge on any atom is 0.292 e. The Kier molecular flexibility index (Phi) is 5.44. The van der Waals surface area contributed by atoms with Gasteiger partial charge in [-0.15, -0.1) is 0 Å². The molecule has 0 atom stereocenters. The fourth-order valence-corrected chi connectivity index (χ4v) is 3.29. The maximum absolute atomic E-state index is 12.6. The highest BCUT2D eigenvalue weighted by molar-refractivity contribution is 6.04. The first kappa shape index (κ1) is 19.5. The molecule has 0 aliphatic rings. The van der Waals surface area contributed by atoms with Gasteiger partial charge >= 0.3 is 0 Å². The standard InChI is InChI=1S/C21H25N5O2/c1-13(2)12-26-14(3)10-16(15(26)4)11-22-23-20(27)19-17-8-6-7-9-18(17)21(28)25(5)24-19/h6-11,13H,12H2,1-5H3,(H,23,27)/b22-11+. The summed E-state index contributed by atoms with van der Waals surface area (Å²) in [5, 5.41) is 9.17. The molecule has 1 aromatic carbocycles. The number of aromatic nitrogens is 3. The van der Waals surface area contributed by atoms with Crippen molar-refractivity contribution in [2.24, 2.45) is 18.1 Å². The second-order valence-corrected chi connectivity index (χ2v) is 7.35. The molecule has 0 fully saturated rings. The van der Waals surface area contributed by atoms with Gasteiger partial charge in [-0.05, 0) is 31.9 Å². The van der Waals surface area contributed by atoms with Gasteiger partial charge in [-0.1, -0.05) is 32.0 Å². The minimum atomic E-state index is -0.459. The van der Waals surface area contributed by atoms with Crippen molar-refractivity contribution in [3.05, 3.63) is 63.3 Å². The zero-order valence-corrected chi connectivity index (χ0v) is 16.9. The predicted molar refractivity (Wildman–Crippen MR) is 111 cm³/mol. The number of amides is 1. The summed E-state index contributed by atoms with van der Waals surface area (Å²) in [6, 6.07) is 8.97. The molecule has 0 bridgehead atoms. The van der Waals surface area contributed by atoms with E-state index in [4.69, 9.17) is 0 Å². The van der Waals surface area contributed by atoms with Crippen LogP contribution in [0, 0.1) is 19.8 Å². The van der Waals surface area contributed by atoms with Crippen molar-refractivity contribution in [3.8, 4) is 0 Å². The molecule has 0 spiro atoms. The number of carbonyl (C=O) groups is 1. The molecule has 3 rings (SSSR count). The van der Waals surface area contributed by atoms with Gasteiger partial charge in [0.05, 0.1) is 11.6 Å². The largest absolute Gasteiger partial charge is 0.348 e. The van der Waals surface area contributed by atoms with Crippen LogP contribution in [0.3, 0.4) is 0 Å². The molecule has 0 unspecified atom stereocenters. The van der Waals surface area contributed by atoms with Crippen LogP contribution in [0.2, 0.25) is 0 Å². The lowest BCUT2D eigenvalue weighted by molar-refractivity contribution is 0.0950. The van der Waals surface area contributed by atoms with E-state index >= 15 is 0 Å². The SMILES string of the molecule is Cc1cc(/C=N/NC(=O)c2nn(C)c(=O)c3ccccc23)c(C)n1CC(C)C. The van der Waals surface area contributed by atoms with E-state index in [1.807, 2.05) is 13.0 Å². The molecule has 0 aliphatic heterocycles. The summed E-state index contributed by atoms with van der Waals surface area (Å²) < 4.78 is 3.41. The van der Waals surface area contributed by atoms with Gasteiger partial charge in [-0.3, -0.25) is 9.59 Å². The van der Waals surface area contributed by atoms with Gasteiger partial charge in [0.2, 0.25) is 0 Å². The number of fused-ring (bicyclic) bond motifs is 1. The Morgan fingerprint density at radius 1 is 1.25 bits per heavy atom. The number of hydrazone groups is 1. The normalized spacial score (nSPS) is 11.6. The molecule has 28 heavy (non-hydrogen) atoms. The highest BCUT2D eigenvalue weighted by atomic mass is 16.2. The zero-order chi connectivity index (χ0) is 20.4. The number of nitrogens with zero attached hydrogens (tertiary/aromatic N) is 4. The van der Waals surface area contributed by atoms with Crippen molar-refractivity contribution in [3.63, 3.8) is 0 Å². The van der Waals surface area contributed by atoms with Gasteiger partial charge in [0.25, 0.3) is 11.5 Å². The molecule has 0 radical (unpaired) electrons. The Morgan fingerprint density at radius 3 is 2.61 bits per heavy atom. The summed E-state index contributed by atoms with van der Waals surface area (Å²) in [6.07, 6.45) is 1.64. The molecule has 1 N–H and O–H groups in total. The van der Waals surface area contributed by atoms with Crippen LogP contribution in [0.4, 0.5) is 0 Å². The van der Waals surface area contributed by atoms with E-state index in [2.05, 4.69) is 41.0 Å². The second kappa shape index (κ2) is 7.80. The Morgan fingerprint density at radius 2 is 1.93 bits per heavy atom. The summed E-state index contributed by atoms with van der Waals surface area (Å²) in [7, 11) is 1.53. The van der Waals surface area contributed by atoms with Gasteiger partial charge in [-0.2, -0.15) is 10.2 Å². The predicted octanol–water partition coefficient (Wildman–Crippen LogP) is 2.77. The van der Waals surface area contributed by atoms with Crippen LogP contribution < -0.4 is 11.0 Å². The van der Waals surface area contributed by atoms with Crippen LogP contribution in [0.15, 0.2) is 40.2 Å². The van der Waals surface area contributed by atoms with Crippen molar-refractivity contribution < 1.29 is 4.79 Å². The second-order valence-electron chi connectivity index (χ2n) is 7.35. The third-order valence-electron chi connectivity index (χ3n) is 4.70. The fourth-order valence-electron chi connectivity index (χ4n) is 3.29. The average Bonchev–Trinajstić information content (AvgIpc) is 2.92.